The Kier molecular flexibility index (Phi) is 7.54. The van der Waals surface area contributed by atoms with Crippen LogP contribution in [0.15, 0.2) is 42.6 Å². The zero-order valence-corrected chi connectivity index (χ0v) is 16.6. The Labute approximate surface area is 173 Å². The summed E-state index contributed by atoms with van der Waals surface area (Å²) in [4.78, 5) is 16.0. The van der Waals surface area contributed by atoms with E-state index in [4.69, 9.17) is 9.47 Å². The van der Waals surface area contributed by atoms with Crippen LogP contribution in [0.3, 0.4) is 0 Å². The normalized spacial score (nSPS) is 14.5. The van der Waals surface area contributed by atoms with Gasteiger partial charge in [0.15, 0.2) is 6.61 Å². The van der Waals surface area contributed by atoms with Crippen LogP contribution in [0.2, 0.25) is 0 Å². The minimum atomic E-state index is -4.45. The molecule has 0 aliphatic heterocycles. The van der Waals surface area contributed by atoms with Crippen LogP contribution in [0.25, 0.3) is 0 Å². The van der Waals surface area contributed by atoms with Crippen molar-refractivity contribution in [1.82, 2.24) is 10.3 Å². The van der Waals surface area contributed by atoms with Crippen LogP contribution in [0, 0.1) is 0 Å². The van der Waals surface area contributed by atoms with Gasteiger partial charge in [0.25, 0.3) is 0 Å². The molecule has 0 radical (unpaired) electrons. The SMILES string of the molecule is O=C(CCc1cccc(OC2CCCC2)c1)NCc1cccnc1OCC(F)(F)F. The summed E-state index contributed by atoms with van der Waals surface area (Å²) in [6.45, 7) is -1.38. The van der Waals surface area contributed by atoms with Crippen LogP contribution in [0.4, 0.5) is 13.2 Å². The summed E-state index contributed by atoms with van der Waals surface area (Å²) in [7, 11) is 0. The number of alkyl halides is 3. The summed E-state index contributed by atoms with van der Waals surface area (Å²) in [5, 5.41) is 2.71. The predicted octanol–water partition coefficient (Wildman–Crippen LogP) is 4.59. The second-order valence-corrected chi connectivity index (χ2v) is 7.32. The number of halogens is 3. The van der Waals surface area contributed by atoms with E-state index in [-0.39, 0.29) is 30.9 Å². The number of amides is 1. The summed E-state index contributed by atoms with van der Waals surface area (Å²) in [5.41, 5.74) is 1.39. The number of nitrogens with zero attached hydrogens (tertiary/aromatic N) is 1. The Balaban J connectivity index is 1.46. The summed E-state index contributed by atoms with van der Waals surface area (Å²) in [6, 6.07) is 10.9. The molecule has 0 saturated heterocycles. The lowest BCUT2D eigenvalue weighted by Crippen LogP contribution is -2.24. The number of carbonyl (C=O) groups excluding carboxylic acids is 1. The first kappa shape index (κ1) is 21.9. The Morgan fingerprint density at radius 2 is 1.97 bits per heavy atom. The highest BCUT2D eigenvalue weighted by atomic mass is 19.4. The van der Waals surface area contributed by atoms with Gasteiger partial charge in [-0.05, 0) is 55.9 Å². The Hall–Kier alpha value is -2.77. The highest BCUT2D eigenvalue weighted by molar-refractivity contribution is 5.76. The molecule has 1 N–H and O–H groups in total. The molecule has 1 aliphatic rings. The van der Waals surface area contributed by atoms with E-state index in [0.29, 0.717) is 12.0 Å². The topological polar surface area (TPSA) is 60.5 Å². The Morgan fingerprint density at radius 1 is 1.17 bits per heavy atom. The molecule has 2 aromatic rings. The van der Waals surface area contributed by atoms with Gasteiger partial charge in [0.1, 0.15) is 5.75 Å². The zero-order chi connectivity index (χ0) is 21.4. The molecular weight excluding hydrogens is 397 g/mol. The first-order valence-electron chi connectivity index (χ1n) is 10.0. The number of rotatable bonds is 9. The van der Waals surface area contributed by atoms with Crippen molar-refractivity contribution in [2.24, 2.45) is 0 Å². The van der Waals surface area contributed by atoms with Gasteiger partial charge in [0, 0.05) is 24.7 Å². The molecule has 3 rings (SSSR count). The molecule has 1 saturated carbocycles. The largest absolute Gasteiger partial charge is 0.490 e. The van der Waals surface area contributed by atoms with E-state index >= 15 is 0 Å². The van der Waals surface area contributed by atoms with Gasteiger partial charge < -0.3 is 14.8 Å². The molecule has 30 heavy (non-hydrogen) atoms. The van der Waals surface area contributed by atoms with Crippen LogP contribution < -0.4 is 14.8 Å². The van der Waals surface area contributed by atoms with Gasteiger partial charge in [0.2, 0.25) is 11.8 Å². The molecule has 5 nitrogen and oxygen atoms in total. The fourth-order valence-electron chi connectivity index (χ4n) is 3.35. The molecule has 8 heteroatoms. The molecule has 0 atom stereocenters. The zero-order valence-electron chi connectivity index (χ0n) is 16.6. The number of carbonyl (C=O) groups is 1. The van der Waals surface area contributed by atoms with Crippen LogP contribution in [-0.4, -0.2) is 29.8 Å². The molecule has 0 spiro atoms. The Bertz CT molecular complexity index is 836. The maximum absolute atomic E-state index is 12.4. The van der Waals surface area contributed by atoms with Gasteiger partial charge >= 0.3 is 6.18 Å². The number of nitrogens with one attached hydrogen (secondary N) is 1. The number of hydrogen-bond donors (Lipinski definition) is 1. The minimum Gasteiger partial charge on any atom is -0.490 e. The van der Waals surface area contributed by atoms with E-state index in [1.165, 1.54) is 19.0 Å². The first-order valence-corrected chi connectivity index (χ1v) is 10.0. The standard InChI is InChI=1S/C22H25F3N2O3/c23-22(24,25)15-29-21-17(6-4-12-26-21)14-27-20(28)11-10-16-5-3-9-19(13-16)30-18-7-1-2-8-18/h3-6,9,12-13,18H,1-2,7-8,10-11,14-15H2,(H,27,28). The van der Waals surface area contributed by atoms with Crippen LogP contribution in [-0.2, 0) is 17.8 Å². The lowest BCUT2D eigenvalue weighted by Gasteiger charge is -2.14. The maximum atomic E-state index is 12.4. The molecule has 1 heterocycles. The number of hydrogen-bond acceptors (Lipinski definition) is 4. The molecular formula is C22H25F3N2O3. The highest BCUT2D eigenvalue weighted by Gasteiger charge is 2.29. The number of aryl methyl sites for hydroxylation is 1. The van der Waals surface area contributed by atoms with Gasteiger partial charge in [-0.3, -0.25) is 4.79 Å². The van der Waals surface area contributed by atoms with Gasteiger partial charge in [-0.25, -0.2) is 4.98 Å². The third-order valence-corrected chi connectivity index (χ3v) is 4.84. The fourth-order valence-corrected chi connectivity index (χ4v) is 3.35. The van der Waals surface area contributed by atoms with Crippen LogP contribution in [0.5, 0.6) is 11.6 Å². The lowest BCUT2D eigenvalue weighted by molar-refractivity contribution is -0.154. The summed E-state index contributed by atoms with van der Waals surface area (Å²) >= 11 is 0. The number of ether oxygens (including phenoxy) is 2. The van der Waals surface area contributed by atoms with Crippen molar-refractivity contribution >= 4 is 5.91 Å². The van der Waals surface area contributed by atoms with Crippen molar-refractivity contribution in [2.75, 3.05) is 6.61 Å². The Morgan fingerprint density at radius 3 is 2.73 bits per heavy atom. The smallest absolute Gasteiger partial charge is 0.422 e. The van der Waals surface area contributed by atoms with Crippen LogP contribution in [0.1, 0.15) is 43.2 Å². The highest BCUT2D eigenvalue weighted by Crippen LogP contribution is 2.25. The molecule has 1 aromatic carbocycles. The average molecular weight is 422 g/mol. The van der Waals surface area contributed by atoms with Crippen molar-refractivity contribution in [2.45, 2.75) is 57.3 Å². The van der Waals surface area contributed by atoms with E-state index in [1.807, 2.05) is 24.3 Å². The fraction of sp³-hybridized carbons (Fsp3) is 0.455. The first-order chi connectivity index (χ1) is 14.4. The quantitative estimate of drug-likeness (QED) is 0.642. The molecule has 1 fully saturated rings. The van der Waals surface area contributed by atoms with E-state index in [9.17, 15) is 18.0 Å². The number of benzene rings is 1. The van der Waals surface area contributed by atoms with Crippen molar-refractivity contribution < 1.29 is 27.4 Å². The van der Waals surface area contributed by atoms with E-state index in [2.05, 4.69) is 10.3 Å². The minimum absolute atomic E-state index is 0.0463. The average Bonchev–Trinajstić information content (AvgIpc) is 3.22. The number of aromatic nitrogens is 1. The summed E-state index contributed by atoms with van der Waals surface area (Å²) in [6.07, 6.45) is 2.52. The van der Waals surface area contributed by atoms with Crippen LogP contribution >= 0.6 is 0 Å². The third kappa shape index (κ3) is 7.24. The summed E-state index contributed by atoms with van der Waals surface area (Å²) in [5.74, 6) is 0.483. The maximum Gasteiger partial charge on any atom is 0.422 e. The predicted molar refractivity (Wildman–Crippen MR) is 105 cm³/mol. The van der Waals surface area contributed by atoms with Gasteiger partial charge in [-0.15, -0.1) is 0 Å². The van der Waals surface area contributed by atoms with Gasteiger partial charge in [-0.1, -0.05) is 18.2 Å². The summed E-state index contributed by atoms with van der Waals surface area (Å²) < 4.78 is 47.8. The molecule has 1 amide bonds. The van der Waals surface area contributed by atoms with E-state index in [1.54, 1.807) is 12.1 Å². The van der Waals surface area contributed by atoms with E-state index in [0.717, 1.165) is 24.2 Å². The third-order valence-electron chi connectivity index (χ3n) is 4.84. The van der Waals surface area contributed by atoms with Gasteiger partial charge in [-0.2, -0.15) is 13.2 Å². The van der Waals surface area contributed by atoms with Crippen molar-refractivity contribution in [3.63, 3.8) is 0 Å². The molecule has 0 unspecified atom stereocenters. The van der Waals surface area contributed by atoms with Gasteiger partial charge in [0.05, 0.1) is 6.10 Å². The monoisotopic (exact) mass is 422 g/mol. The molecule has 1 aromatic heterocycles. The second kappa shape index (κ2) is 10.3. The number of pyridine rings is 1. The van der Waals surface area contributed by atoms with Crippen molar-refractivity contribution in [1.29, 1.82) is 0 Å². The molecule has 0 bridgehead atoms. The molecule has 162 valence electrons. The lowest BCUT2D eigenvalue weighted by atomic mass is 10.1. The molecule has 1 aliphatic carbocycles. The van der Waals surface area contributed by atoms with Crippen molar-refractivity contribution in [3.05, 3.63) is 53.7 Å². The van der Waals surface area contributed by atoms with E-state index < -0.39 is 12.8 Å². The van der Waals surface area contributed by atoms with Crippen molar-refractivity contribution in [3.8, 4) is 11.6 Å². The second-order valence-electron chi connectivity index (χ2n) is 7.32.